The molecule has 6 heteroatoms. The van der Waals surface area contributed by atoms with Gasteiger partial charge in [-0.05, 0) is 12.8 Å². The van der Waals surface area contributed by atoms with Gasteiger partial charge in [0, 0.05) is 12.6 Å². The summed E-state index contributed by atoms with van der Waals surface area (Å²) in [5.41, 5.74) is 1.75. The number of nitrogens with one attached hydrogen (secondary N) is 1. The first kappa shape index (κ1) is 10.9. The predicted octanol–water partition coefficient (Wildman–Crippen LogP) is 1.02. The highest BCUT2D eigenvalue weighted by molar-refractivity contribution is 5.51. The number of aryl methyl sites for hydroxylation is 1. The van der Waals surface area contributed by atoms with Crippen LogP contribution in [0.15, 0.2) is 27.7 Å². The third kappa shape index (κ3) is 1.85. The van der Waals surface area contributed by atoms with Crippen LogP contribution in [-0.2, 0) is 13.0 Å². The van der Waals surface area contributed by atoms with Gasteiger partial charge in [-0.15, -0.1) is 0 Å². The summed E-state index contributed by atoms with van der Waals surface area (Å²) in [4.78, 5) is 13.4. The molecule has 2 aromatic heterocycles. The van der Waals surface area contributed by atoms with E-state index in [1.807, 2.05) is 0 Å². The Morgan fingerprint density at radius 1 is 1.56 bits per heavy atom. The maximum Gasteiger partial charge on any atom is 0.226 e. The quantitative estimate of drug-likeness (QED) is 0.828. The highest BCUT2D eigenvalue weighted by Gasteiger charge is 2.19. The van der Waals surface area contributed by atoms with Gasteiger partial charge < -0.3 is 14.4 Å². The SMILES string of the molecule is O=c1cc(CN2CCCc3[nH]ncc32)occ1O. The molecule has 3 heterocycles. The van der Waals surface area contributed by atoms with Crippen LogP contribution < -0.4 is 10.3 Å². The summed E-state index contributed by atoms with van der Waals surface area (Å²) in [6.45, 7) is 1.40. The smallest absolute Gasteiger partial charge is 0.226 e. The molecule has 0 radical (unpaired) electrons. The van der Waals surface area contributed by atoms with Crippen molar-refractivity contribution < 1.29 is 9.52 Å². The van der Waals surface area contributed by atoms with E-state index in [1.54, 1.807) is 6.20 Å². The second-order valence-electron chi connectivity index (χ2n) is 4.35. The van der Waals surface area contributed by atoms with Crippen LogP contribution in [0.1, 0.15) is 17.9 Å². The fraction of sp³-hybridized carbons (Fsp3) is 0.333. The van der Waals surface area contributed by atoms with Crippen LogP contribution in [0.3, 0.4) is 0 Å². The van der Waals surface area contributed by atoms with Crippen molar-refractivity contribution in [2.24, 2.45) is 0 Å². The van der Waals surface area contributed by atoms with E-state index in [0.29, 0.717) is 12.3 Å². The summed E-state index contributed by atoms with van der Waals surface area (Å²) >= 11 is 0. The summed E-state index contributed by atoms with van der Waals surface area (Å²) in [5.74, 6) is 0.174. The molecule has 0 aliphatic carbocycles. The zero-order chi connectivity index (χ0) is 12.5. The van der Waals surface area contributed by atoms with Crippen LogP contribution in [-0.4, -0.2) is 21.8 Å². The second-order valence-corrected chi connectivity index (χ2v) is 4.35. The fourth-order valence-corrected chi connectivity index (χ4v) is 2.21. The van der Waals surface area contributed by atoms with Gasteiger partial charge >= 0.3 is 0 Å². The van der Waals surface area contributed by atoms with Crippen molar-refractivity contribution >= 4 is 5.69 Å². The number of nitrogens with zero attached hydrogens (tertiary/aromatic N) is 2. The van der Waals surface area contributed by atoms with Crippen molar-refractivity contribution in [2.45, 2.75) is 19.4 Å². The number of hydrogen-bond donors (Lipinski definition) is 2. The van der Waals surface area contributed by atoms with Gasteiger partial charge in [0.1, 0.15) is 12.0 Å². The van der Waals surface area contributed by atoms with Crippen LogP contribution >= 0.6 is 0 Å². The molecular formula is C12H13N3O3. The number of aromatic nitrogens is 2. The average molecular weight is 247 g/mol. The summed E-state index contributed by atoms with van der Waals surface area (Å²) in [6, 6.07) is 1.32. The Kier molecular flexibility index (Phi) is 2.55. The van der Waals surface area contributed by atoms with E-state index < -0.39 is 5.43 Å². The third-order valence-electron chi connectivity index (χ3n) is 3.10. The van der Waals surface area contributed by atoms with Crippen molar-refractivity contribution in [1.29, 1.82) is 0 Å². The maximum absolute atomic E-state index is 11.3. The van der Waals surface area contributed by atoms with E-state index >= 15 is 0 Å². The number of anilines is 1. The van der Waals surface area contributed by atoms with E-state index in [9.17, 15) is 4.79 Å². The van der Waals surface area contributed by atoms with E-state index in [4.69, 9.17) is 9.52 Å². The molecule has 0 unspecified atom stereocenters. The van der Waals surface area contributed by atoms with Gasteiger partial charge in [-0.3, -0.25) is 9.89 Å². The molecule has 0 aromatic carbocycles. The second kappa shape index (κ2) is 4.21. The van der Waals surface area contributed by atoms with Gasteiger partial charge in [-0.2, -0.15) is 5.10 Å². The first-order valence-electron chi connectivity index (χ1n) is 5.82. The van der Waals surface area contributed by atoms with E-state index in [0.717, 1.165) is 37.0 Å². The molecule has 0 amide bonds. The maximum atomic E-state index is 11.3. The number of fused-ring (bicyclic) bond motifs is 1. The van der Waals surface area contributed by atoms with Crippen molar-refractivity contribution in [1.82, 2.24) is 10.2 Å². The van der Waals surface area contributed by atoms with Crippen molar-refractivity contribution in [3.05, 3.63) is 40.2 Å². The Bertz CT molecular complexity index is 617. The standard InChI is InChI=1S/C12H13N3O3/c16-11-4-8(18-7-12(11)17)6-15-3-1-2-9-10(15)5-13-14-9/h4-5,7,17H,1-3,6H2,(H,13,14). The molecule has 18 heavy (non-hydrogen) atoms. The molecule has 2 aromatic rings. The molecule has 0 saturated heterocycles. The van der Waals surface area contributed by atoms with Crippen LogP contribution in [0.4, 0.5) is 5.69 Å². The molecule has 0 atom stereocenters. The Balaban J connectivity index is 1.86. The Morgan fingerprint density at radius 3 is 3.28 bits per heavy atom. The molecule has 0 fully saturated rings. The van der Waals surface area contributed by atoms with Crippen LogP contribution in [0.2, 0.25) is 0 Å². The molecule has 94 valence electrons. The first-order chi connectivity index (χ1) is 8.74. The number of aromatic amines is 1. The van der Waals surface area contributed by atoms with Crippen LogP contribution in [0.25, 0.3) is 0 Å². The Labute approximate surface area is 103 Å². The lowest BCUT2D eigenvalue weighted by Gasteiger charge is -2.27. The average Bonchev–Trinajstić information content (AvgIpc) is 2.83. The third-order valence-corrected chi connectivity index (χ3v) is 3.10. The lowest BCUT2D eigenvalue weighted by Crippen LogP contribution is -2.28. The Hall–Kier alpha value is -2.24. The molecule has 3 rings (SSSR count). The lowest BCUT2D eigenvalue weighted by atomic mass is 10.1. The van der Waals surface area contributed by atoms with Crippen molar-refractivity contribution in [3.8, 4) is 5.75 Å². The monoisotopic (exact) mass is 247 g/mol. The summed E-state index contributed by atoms with van der Waals surface area (Å²) in [7, 11) is 0. The van der Waals surface area contributed by atoms with Crippen molar-refractivity contribution in [3.63, 3.8) is 0 Å². The first-order valence-corrected chi connectivity index (χ1v) is 5.82. The number of hydrogen-bond acceptors (Lipinski definition) is 5. The van der Waals surface area contributed by atoms with E-state index in [-0.39, 0.29) is 5.75 Å². The zero-order valence-electron chi connectivity index (χ0n) is 9.72. The van der Waals surface area contributed by atoms with Gasteiger partial charge in [0.25, 0.3) is 0 Å². The summed E-state index contributed by atoms with van der Waals surface area (Å²) in [6.07, 6.45) is 4.90. The minimum absolute atomic E-state index is 0.360. The van der Waals surface area contributed by atoms with Crippen LogP contribution in [0.5, 0.6) is 5.75 Å². The number of rotatable bonds is 2. The lowest BCUT2D eigenvalue weighted by molar-refractivity contribution is 0.410. The van der Waals surface area contributed by atoms with Gasteiger partial charge in [-0.1, -0.05) is 0 Å². The van der Waals surface area contributed by atoms with Gasteiger partial charge in [0.05, 0.1) is 24.1 Å². The fourth-order valence-electron chi connectivity index (χ4n) is 2.21. The van der Waals surface area contributed by atoms with Crippen molar-refractivity contribution in [2.75, 3.05) is 11.4 Å². The summed E-state index contributed by atoms with van der Waals surface area (Å²) < 4.78 is 5.21. The minimum atomic E-state index is -0.416. The molecule has 0 bridgehead atoms. The van der Waals surface area contributed by atoms with Crippen LogP contribution in [0, 0.1) is 0 Å². The molecule has 6 nitrogen and oxygen atoms in total. The highest BCUT2D eigenvalue weighted by atomic mass is 16.4. The molecule has 1 aliphatic heterocycles. The minimum Gasteiger partial charge on any atom is -0.502 e. The summed E-state index contributed by atoms with van der Waals surface area (Å²) in [5, 5.41) is 16.1. The van der Waals surface area contributed by atoms with E-state index in [1.165, 1.54) is 6.07 Å². The molecule has 1 aliphatic rings. The molecule has 0 spiro atoms. The number of aromatic hydroxyl groups is 1. The normalized spacial score (nSPS) is 14.6. The largest absolute Gasteiger partial charge is 0.502 e. The topological polar surface area (TPSA) is 82.4 Å². The molecular weight excluding hydrogens is 234 g/mol. The number of H-pyrrole nitrogens is 1. The molecule has 0 saturated carbocycles. The Morgan fingerprint density at radius 2 is 2.44 bits per heavy atom. The molecule has 2 N–H and O–H groups in total. The highest BCUT2D eigenvalue weighted by Crippen LogP contribution is 2.26. The van der Waals surface area contributed by atoms with Gasteiger partial charge in [0.2, 0.25) is 5.43 Å². The zero-order valence-corrected chi connectivity index (χ0v) is 9.72. The predicted molar refractivity (Wildman–Crippen MR) is 64.6 cm³/mol. The van der Waals surface area contributed by atoms with E-state index in [2.05, 4.69) is 15.1 Å². The van der Waals surface area contributed by atoms with Gasteiger partial charge in [-0.25, -0.2) is 0 Å². The van der Waals surface area contributed by atoms with Gasteiger partial charge in [0.15, 0.2) is 5.75 Å².